The van der Waals surface area contributed by atoms with Crippen molar-refractivity contribution in [3.63, 3.8) is 0 Å². The zero-order chi connectivity index (χ0) is 13.7. The number of halogens is 1. The molecule has 1 fully saturated rings. The highest BCUT2D eigenvalue weighted by atomic mass is 79.9. The summed E-state index contributed by atoms with van der Waals surface area (Å²) in [5.41, 5.74) is 6.17. The highest BCUT2D eigenvalue weighted by Crippen LogP contribution is 2.31. The van der Waals surface area contributed by atoms with E-state index in [1.807, 2.05) is 24.3 Å². The van der Waals surface area contributed by atoms with Gasteiger partial charge in [-0.2, -0.15) is 0 Å². The molecule has 1 aromatic rings. The third kappa shape index (κ3) is 3.55. The molecule has 1 aromatic carbocycles. The zero-order valence-corrected chi connectivity index (χ0v) is 12.3. The third-order valence-corrected chi connectivity index (χ3v) is 4.09. The summed E-state index contributed by atoms with van der Waals surface area (Å²) in [7, 11) is 0. The predicted molar refractivity (Wildman–Crippen MR) is 75.5 cm³/mol. The van der Waals surface area contributed by atoms with Gasteiger partial charge in [0.1, 0.15) is 6.61 Å². The van der Waals surface area contributed by atoms with E-state index in [2.05, 4.69) is 15.9 Å². The number of carbonyl (C=O) groups is 1. The topological polar surface area (TPSA) is 61.6 Å². The fourth-order valence-corrected chi connectivity index (χ4v) is 2.40. The molecule has 0 aromatic heterocycles. The van der Waals surface area contributed by atoms with Crippen LogP contribution in [-0.2, 0) is 20.9 Å². The van der Waals surface area contributed by atoms with Crippen LogP contribution in [0.3, 0.4) is 0 Å². The van der Waals surface area contributed by atoms with E-state index in [-0.39, 0.29) is 12.6 Å². The Labute approximate surface area is 121 Å². The Hall–Kier alpha value is -0.910. The summed E-state index contributed by atoms with van der Waals surface area (Å²) in [6.45, 7) is 1.75. The molecule has 1 aliphatic heterocycles. The zero-order valence-electron chi connectivity index (χ0n) is 10.7. The Bertz CT molecular complexity index is 427. The van der Waals surface area contributed by atoms with Crippen LogP contribution in [0.25, 0.3) is 0 Å². The van der Waals surface area contributed by atoms with Crippen LogP contribution >= 0.6 is 15.9 Å². The monoisotopic (exact) mass is 327 g/mol. The molecule has 0 spiro atoms. The van der Waals surface area contributed by atoms with Crippen molar-refractivity contribution in [1.82, 2.24) is 0 Å². The van der Waals surface area contributed by atoms with Gasteiger partial charge in [-0.15, -0.1) is 0 Å². The van der Waals surface area contributed by atoms with Crippen LogP contribution in [0.15, 0.2) is 28.7 Å². The van der Waals surface area contributed by atoms with Crippen molar-refractivity contribution in [3.05, 3.63) is 34.3 Å². The normalized spacial score (nSPS) is 18.0. The van der Waals surface area contributed by atoms with Gasteiger partial charge in [0.2, 0.25) is 0 Å². The molecule has 1 saturated heterocycles. The number of carbonyl (C=O) groups excluding carboxylic acids is 1. The molecule has 2 N–H and O–H groups in total. The van der Waals surface area contributed by atoms with E-state index < -0.39 is 5.41 Å². The summed E-state index contributed by atoms with van der Waals surface area (Å²) < 4.78 is 11.7. The standard InChI is InChI=1S/C14H18BrNO3/c15-12-3-1-11(2-4-12)9-19-13(17)14(10-16)5-7-18-8-6-14/h1-4H,5-10,16H2. The van der Waals surface area contributed by atoms with E-state index in [0.29, 0.717) is 32.6 Å². The Morgan fingerprint density at radius 1 is 1.32 bits per heavy atom. The van der Waals surface area contributed by atoms with Gasteiger partial charge in [-0.05, 0) is 30.5 Å². The minimum atomic E-state index is -0.562. The molecule has 1 aliphatic rings. The van der Waals surface area contributed by atoms with Crippen LogP contribution in [0.2, 0.25) is 0 Å². The summed E-state index contributed by atoms with van der Waals surface area (Å²) >= 11 is 3.37. The van der Waals surface area contributed by atoms with Crippen molar-refractivity contribution in [2.45, 2.75) is 19.4 Å². The third-order valence-electron chi connectivity index (χ3n) is 3.56. The van der Waals surface area contributed by atoms with Crippen LogP contribution in [0.4, 0.5) is 0 Å². The lowest BCUT2D eigenvalue weighted by molar-refractivity contribution is -0.162. The average molecular weight is 328 g/mol. The summed E-state index contributed by atoms with van der Waals surface area (Å²) in [4.78, 5) is 12.2. The van der Waals surface area contributed by atoms with E-state index in [4.69, 9.17) is 15.2 Å². The Kier molecular flexibility index (Phi) is 4.96. The second-order valence-electron chi connectivity index (χ2n) is 4.80. The first-order valence-corrected chi connectivity index (χ1v) is 7.15. The molecule has 5 heteroatoms. The maximum absolute atomic E-state index is 12.2. The quantitative estimate of drug-likeness (QED) is 0.861. The van der Waals surface area contributed by atoms with Crippen molar-refractivity contribution in [2.24, 2.45) is 11.1 Å². The van der Waals surface area contributed by atoms with Crippen molar-refractivity contribution in [2.75, 3.05) is 19.8 Å². The van der Waals surface area contributed by atoms with E-state index in [9.17, 15) is 4.79 Å². The molecular weight excluding hydrogens is 310 g/mol. The Balaban J connectivity index is 1.94. The lowest BCUT2D eigenvalue weighted by Crippen LogP contribution is -2.44. The summed E-state index contributed by atoms with van der Waals surface area (Å²) in [6.07, 6.45) is 1.28. The van der Waals surface area contributed by atoms with E-state index in [1.165, 1.54) is 0 Å². The minimum absolute atomic E-state index is 0.207. The van der Waals surface area contributed by atoms with Crippen molar-refractivity contribution < 1.29 is 14.3 Å². The number of rotatable bonds is 4. The van der Waals surface area contributed by atoms with E-state index in [1.54, 1.807) is 0 Å². The number of hydrogen-bond acceptors (Lipinski definition) is 4. The molecular formula is C14H18BrNO3. The van der Waals surface area contributed by atoms with Crippen LogP contribution < -0.4 is 5.73 Å². The largest absolute Gasteiger partial charge is 0.460 e. The molecule has 0 saturated carbocycles. The summed E-state index contributed by atoms with van der Waals surface area (Å²) in [5.74, 6) is -0.207. The fourth-order valence-electron chi connectivity index (χ4n) is 2.14. The number of hydrogen-bond donors (Lipinski definition) is 1. The summed E-state index contributed by atoms with van der Waals surface area (Å²) in [5, 5.41) is 0. The molecule has 0 amide bonds. The SMILES string of the molecule is NCC1(C(=O)OCc2ccc(Br)cc2)CCOCC1. The molecule has 4 nitrogen and oxygen atoms in total. The molecule has 0 atom stereocenters. The van der Waals surface area contributed by atoms with Crippen molar-refractivity contribution in [1.29, 1.82) is 0 Å². The van der Waals surface area contributed by atoms with Gasteiger partial charge in [0.05, 0.1) is 5.41 Å². The Morgan fingerprint density at radius 2 is 1.95 bits per heavy atom. The highest BCUT2D eigenvalue weighted by Gasteiger charge is 2.40. The van der Waals surface area contributed by atoms with Gasteiger partial charge in [-0.3, -0.25) is 4.79 Å². The van der Waals surface area contributed by atoms with Gasteiger partial charge in [0.15, 0.2) is 0 Å². The minimum Gasteiger partial charge on any atom is -0.460 e. The molecule has 19 heavy (non-hydrogen) atoms. The van der Waals surface area contributed by atoms with Gasteiger partial charge in [0.25, 0.3) is 0 Å². The van der Waals surface area contributed by atoms with E-state index in [0.717, 1.165) is 10.0 Å². The number of ether oxygens (including phenoxy) is 2. The molecule has 0 aliphatic carbocycles. The highest BCUT2D eigenvalue weighted by molar-refractivity contribution is 9.10. The average Bonchev–Trinajstić information content (AvgIpc) is 2.47. The van der Waals surface area contributed by atoms with Gasteiger partial charge in [-0.25, -0.2) is 0 Å². The molecule has 1 heterocycles. The van der Waals surface area contributed by atoms with Gasteiger partial charge in [0, 0.05) is 24.2 Å². The molecule has 0 unspecified atom stereocenters. The molecule has 2 rings (SSSR count). The van der Waals surface area contributed by atoms with Gasteiger partial charge in [-0.1, -0.05) is 28.1 Å². The van der Waals surface area contributed by atoms with Crippen LogP contribution in [0.1, 0.15) is 18.4 Å². The maximum Gasteiger partial charge on any atom is 0.313 e. The van der Waals surface area contributed by atoms with Crippen LogP contribution in [0.5, 0.6) is 0 Å². The molecule has 0 radical (unpaired) electrons. The number of esters is 1. The first kappa shape index (κ1) is 14.5. The second-order valence-corrected chi connectivity index (χ2v) is 5.72. The van der Waals surface area contributed by atoms with Gasteiger partial charge < -0.3 is 15.2 Å². The number of benzene rings is 1. The lowest BCUT2D eigenvalue weighted by atomic mass is 9.80. The maximum atomic E-state index is 12.2. The predicted octanol–water partition coefficient (Wildman–Crippen LogP) is 2.25. The van der Waals surface area contributed by atoms with E-state index >= 15 is 0 Å². The van der Waals surface area contributed by atoms with Crippen molar-refractivity contribution in [3.8, 4) is 0 Å². The van der Waals surface area contributed by atoms with Crippen LogP contribution in [0, 0.1) is 5.41 Å². The van der Waals surface area contributed by atoms with Gasteiger partial charge >= 0.3 is 5.97 Å². The molecule has 104 valence electrons. The smallest absolute Gasteiger partial charge is 0.313 e. The Morgan fingerprint density at radius 3 is 2.53 bits per heavy atom. The van der Waals surface area contributed by atoms with Crippen LogP contribution in [-0.4, -0.2) is 25.7 Å². The second kappa shape index (κ2) is 6.50. The number of nitrogens with two attached hydrogens (primary N) is 1. The van der Waals surface area contributed by atoms with Crippen molar-refractivity contribution >= 4 is 21.9 Å². The first-order valence-electron chi connectivity index (χ1n) is 6.36. The lowest BCUT2D eigenvalue weighted by Gasteiger charge is -2.33. The summed E-state index contributed by atoms with van der Waals surface area (Å²) in [6, 6.07) is 7.71. The fraction of sp³-hybridized carbons (Fsp3) is 0.500. The molecule has 0 bridgehead atoms. The first-order chi connectivity index (χ1) is 9.16.